The molecular formula is C12H9ClN4O2. The fourth-order valence-electron chi connectivity index (χ4n) is 1.38. The van der Waals surface area contributed by atoms with Crippen LogP contribution in [-0.4, -0.2) is 22.0 Å². The number of hydrogen-bond donors (Lipinski definition) is 2. The van der Waals surface area contributed by atoms with E-state index in [2.05, 4.69) is 15.5 Å². The van der Waals surface area contributed by atoms with E-state index < -0.39 is 11.8 Å². The molecule has 1 aromatic heterocycles. The van der Waals surface area contributed by atoms with Crippen LogP contribution in [0.15, 0.2) is 36.4 Å². The van der Waals surface area contributed by atoms with Gasteiger partial charge in [0, 0.05) is 11.1 Å². The van der Waals surface area contributed by atoms with Gasteiger partial charge in [0.1, 0.15) is 0 Å². The van der Waals surface area contributed by atoms with Gasteiger partial charge < -0.3 is 11.1 Å². The predicted octanol–water partition coefficient (Wildman–Crippen LogP) is 1.48. The van der Waals surface area contributed by atoms with Crippen LogP contribution >= 0.6 is 11.6 Å². The zero-order valence-corrected chi connectivity index (χ0v) is 10.4. The van der Waals surface area contributed by atoms with Crippen molar-refractivity contribution in [1.29, 1.82) is 0 Å². The highest BCUT2D eigenvalue weighted by Gasteiger charge is 2.09. The molecule has 0 aliphatic heterocycles. The van der Waals surface area contributed by atoms with Crippen molar-refractivity contribution in [2.45, 2.75) is 0 Å². The van der Waals surface area contributed by atoms with Crippen molar-refractivity contribution in [2.24, 2.45) is 5.73 Å². The van der Waals surface area contributed by atoms with Gasteiger partial charge in [0.15, 0.2) is 11.0 Å². The quantitative estimate of drug-likeness (QED) is 0.887. The highest BCUT2D eigenvalue weighted by atomic mass is 35.5. The average molecular weight is 277 g/mol. The summed E-state index contributed by atoms with van der Waals surface area (Å²) < 4.78 is 0. The smallest absolute Gasteiger partial charge is 0.256 e. The van der Waals surface area contributed by atoms with Crippen molar-refractivity contribution >= 4 is 29.2 Å². The van der Waals surface area contributed by atoms with Crippen LogP contribution in [0.2, 0.25) is 5.15 Å². The Balaban J connectivity index is 2.18. The van der Waals surface area contributed by atoms with E-state index in [0.717, 1.165) is 0 Å². The number of anilines is 1. The van der Waals surface area contributed by atoms with E-state index in [4.69, 9.17) is 17.3 Å². The molecule has 0 aliphatic carbocycles. The standard InChI is InChI=1S/C12H9ClN4O2/c13-9-4-5-10(17-16-9)15-12(19)8-3-1-2-7(6-8)11(14)18/h1-6H,(H2,14,18)(H,15,17,19). The molecule has 0 atom stereocenters. The Labute approximate surface area is 113 Å². The molecule has 2 aromatic rings. The number of benzene rings is 1. The highest BCUT2D eigenvalue weighted by Crippen LogP contribution is 2.10. The van der Waals surface area contributed by atoms with Crippen LogP contribution in [0.25, 0.3) is 0 Å². The molecule has 19 heavy (non-hydrogen) atoms. The molecular weight excluding hydrogens is 268 g/mol. The third-order valence-corrected chi connectivity index (χ3v) is 2.48. The van der Waals surface area contributed by atoms with Gasteiger partial charge in [0.2, 0.25) is 5.91 Å². The highest BCUT2D eigenvalue weighted by molar-refractivity contribution is 6.29. The predicted molar refractivity (Wildman–Crippen MR) is 70.0 cm³/mol. The third kappa shape index (κ3) is 3.26. The van der Waals surface area contributed by atoms with Gasteiger partial charge in [-0.05, 0) is 30.3 Å². The van der Waals surface area contributed by atoms with Crippen molar-refractivity contribution in [1.82, 2.24) is 10.2 Å². The van der Waals surface area contributed by atoms with E-state index in [9.17, 15) is 9.59 Å². The van der Waals surface area contributed by atoms with E-state index in [1.807, 2.05) is 0 Å². The van der Waals surface area contributed by atoms with E-state index >= 15 is 0 Å². The summed E-state index contributed by atoms with van der Waals surface area (Å²) in [6.07, 6.45) is 0. The van der Waals surface area contributed by atoms with Gasteiger partial charge in [0.25, 0.3) is 5.91 Å². The van der Waals surface area contributed by atoms with Gasteiger partial charge in [-0.1, -0.05) is 17.7 Å². The Morgan fingerprint density at radius 3 is 2.47 bits per heavy atom. The SMILES string of the molecule is NC(=O)c1cccc(C(=O)Nc2ccc(Cl)nn2)c1. The number of nitrogens with zero attached hydrogens (tertiary/aromatic N) is 2. The maximum absolute atomic E-state index is 11.9. The summed E-state index contributed by atoms with van der Waals surface area (Å²) in [5, 5.41) is 10.1. The van der Waals surface area contributed by atoms with Crippen molar-refractivity contribution < 1.29 is 9.59 Å². The maximum Gasteiger partial charge on any atom is 0.256 e. The van der Waals surface area contributed by atoms with Gasteiger partial charge in [-0.25, -0.2) is 0 Å². The molecule has 0 aliphatic rings. The molecule has 1 heterocycles. The molecule has 0 spiro atoms. The Morgan fingerprint density at radius 1 is 1.11 bits per heavy atom. The summed E-state index contributed by atoms with van der Waals surface area (Å²) in [6.45, 7) is 0. The Kier molecular flexibility index (Phi) is 3.72. The fraction of sp³-hybridized carbons (Fsp3) is 0. The molecule has 0 fully saturated rings. The number of aromatic nitrogens is 2. The van der Waals surface area contributed by atoms with Crippen LogP contribution in [0, 0.1) is 0 Å². The lowest BCUT2D eigenvalue weighted by atomic mass is 10.1. The van der Waals surface area contributed by atoms with Crippen LogP contribution in [0.5, 0.6) is 0 Å². The largest absolute Gasteiger partial charge is 0.366 e. The number of carbonyl (C=O) groups is 2. The first-order valence-electron chi connectivity index (χ1n) is 5.27. The molecule has 0 unspecified atom stereocenters. The van der Waals surface area contributed by atoms with E-state index in [0.29, 0.717) is 5.56 Å². The number of halogens is 1. The molecule has 6 nitrogen and oxygen atoms in total. The summed E-state index contributed by atoms with van der Waals surface area (Å²) in [6, 6.07) is 9.09. The van der Waals surface area contributed by atoms with E-state index in [1.54, 1.807) is 12.1 Å². The van der Waals surface area contributed by atoms with Crippen molar-refractivity contribution in [3.05, 3.63) is 52.7 Å². The van der Waals surface area contributed by atoms with Crippen LogP contribution in [0.3, 0.4) is 0 Å². The summed E-state index contributed by atoms with van der Waals surface area (Å²) in [5.41, 5.74) is 5.70. The van der Waals surface area contributed by atoms with Crippen molar-refractivity contribution in [3.63, 3.8) is 0 Å². The average Bonchev–Trinajstić information content (AvgIpc) is 2.41. The molecule has 0 saturated carbocycles. The van der Waals surface area contributed by atoms with Crippen LogP contribution in [0.4, 0.5) is 5.82 Å². The molecule has 3 N–H and O–H groups in total. The minimum absolute atomic E-state index is 0.230. The van der Waals surface area contributed by atoms with Crippen LogP contribution in [-0.2, 0) is 0 Å². The summed E-state index contributed by atoms with van der Waals surface area (Å²) >= 11 is 5.58. The third-order valence-electron chi connectivity index (χ3n) is 2.28. The van der Waals surface area contributed by atoms with Gasteiger partial charge in [-0.2, -0.15) is 0 Å². The van der Waals surface area contributed by atoms with Gasteiger partial charge in [0.05, 0.1) is 0 Å². The van der Waals surface area contributed by atoms with E-state index in [-0.39, 0.29) is 16.5 Å². The minimum atomic E-state index is -0.596. The first-order valence-corrected chi connectivity index (χ1v) is 5.64. The van der Waals surface area contributed by atoms with Crippen molar-refractivity contribution in [3.8, 4) is 0 Å². The molecule has 1 aromatic carbocycles. The minimum Gasteiger partial charge on any atom is -0.366 e. The lowest BCUT2D eigenvalue weighted by Gasteiger charge is -2.04. The molecule has 0 saturated heterocycles. The van der Waals surface area contributed by atoms with Gasteiger partial charge in [-0.15, -0.1) is 10.2 Å². The Hall–Kier alpha value is -2.47. The fourth-order valence-corrected chi connectivity index (χ4v) is 1.49. The number of nitrogens with two attached hydrogens (primary N) is 1. The Morgan fingerprint density at radius 2 is 1.84 bits per heavy atom. The maximum atomic E-state index is 11.9. The summed E-state index contributed by atoms with van der Waals surface area (Å²) in [7, 11) is 0. The zero-order valence-electron chi connectivity index (χ0n) is 9.63. The topological polar surface area (TPSA) is 98.0 Å². The second-order valence-electron chi connectivity index (χ2n) is 3.64. The van der Waals surface area contributed by atoms with Gasteiger partial charge in [-0.3, -0.25) is 9.59 Å². The second kappa shape index (κ2) is 5.45. The van der Waals surface area contributed by atoms with Crippen LogP contribution in [0.1, 0.15) is 20.7 Å². The summed E-state index contributed by atoms with van der Waals surface area (Å²) in [4.78, 5) is 22.9. The van der Waals surface area contributed by atoms with E-state index in [1.165, 1.54) is 24.3 Å². The zero-order chi connectivity index (χ0) is 13.8. The second-order valence-corrected chi connectivity index (χ2v) is 4.03. The summed E-state index contributed by atoms with van der Waals surface area (Å²) in [5.74, 6) is -0.750. The Bertz CT molecular complexity index is 628. The van der Waals surface area contributed by atoms with Crippen molar-refractivity contribution in [2.75, 3.05) is 5.32 Å². The molecule has 0 radical (unpaired) electrons. The number of carbonyl (C=O) groups excluding carboxylic acids is 2. The number of hydrogen-bond acceptors (Lipinski definition) is 4. The number of primary amides is 1. The monoisotopic (exact) mass is 276 g/mol. The lowest BCUT2D eigenvalue weighted by molar-refractivity contribution is 0.1000. The normalized spacial score (nSPS) is 9.95. The molecule has 2 amide bonds. The van der Waals surface area contributed by atoms with Crippen LogP contribution < -0.4 is 11.1 Å². The molecule has 0 bridgehead atoms. The number of nitrogens with one attached hydrogen (secondary N) is 1. The molecule has 7 heteroatoms. The number of rotatable bonds is 3. The molecule has 96 valence electrons. The first kappa shape index (κ1) is 13.0. The van der Waals surface area contributed by atoms with Gasteiger partial charge >= 0.3 is 0 Å². The lowest BCUT2D eigenvalue weighted by Crippen LogP contribution is -2.16. The first-order chi connectivity index (χ1) is 9.06. The number of amides is 2. The molecule has 2 rings (SSSR count).